The van der Waals surface area contributed by atoms with Crippen molar-refractivity contribution >= 4 is 35.1 Å². The fourth-order valence-electron chi connectivity index (χ4n) is 2.65. The summed E-state index contributed by atoms with van der Waals surface area (Å²) in [5.74, 6) is -0.696. The van der Waals surface area contributed by atoms with Crippen LogP contribution in [0, 0.1) is 0 Å². The summed E-state index contributed by atoms with van der Waals surface area (Å²) in [5.41, 5.74) is 16.3. The summed E-state index contributed by atoms with van der Waals surface area (Å²) in [6.45, 7) is 2.25. The molecule has 1 aromatic rings. The van der Waals surface area contributed by atoms with Crippen LogP contribution in [-0.2, 0) is 4.79 Å². The first kappa shape index (κ1) is 26.4. The highest BCUT2D eigenvalue weighted by atomic mass is 79.9. The van der Waals surface area contributed by atoms with Crippen molar-refractivity contribution in [2.24, 2.45) is 5.73 Å². The van der Waals surface area contributed by atoms with Gasteiger partial charge in [-0.05, 0) is 19.3 Å². The van der Waals surface area contributed by atoms with Crippen LogP contribution in [0.2, 0.25) is 5.15 Å². The predicted molar refractivity (Wildman–Crippen MR) is 107 cm³/mol. The normalized spacial score (nSPS) is 11.0. The van der Waals surface area contributed by atoms with E-state index in [4.69, 9.17) is 28.8 Å². The molecule has 28 heavy (non-hydrogen) atoms. The van der Waals surface area contributed by atoms with E-state index in [1.54, 1.807) is 0 Å². The molecule has 160 valence electrons. The van der Waals surface area contributed by atoms with Crippen LogP contribution in [0.25, 0.3) is 0 Å². The smallest absolute Gasteiger partial charge is 0.273 e. The number of amides is 2. The average Bonchev–Trinajstić information content (AvgIpc) is 2.56. The maximum atomic E-state index is 12.2. The molecule has 0 saturated heterocycles. The number of halogens is 2. The van der Waals surface area contributed by atoms with Gasteiger partial charge in [0, 0.05) is 6.42 Å². The number of likely N-dealkylation sites (N-methyl/N-ethyl adjacent to an activating group) is 1. The number of rotatable bonds is 12. The van der Waals surface area contributed by atoms with Gasteiger partial charge in [0.05, 0.1) is 33.7 Å². The third-order valence-electron chi connectivity index (χ3n) is 4.31. The Kier molecular flexibility index (Phi) is 12.0. The highest BCUT2D eigenvalue weighted by Gasteiger charge is 2.18. The number of anilines is 2. The standard InChI is InChI=1S/C17H30ClN7O2.BrH/c1-25(2,10-7-5-3-4-6-8-12(19)26)11-9-22-17(27)13-15(20)24-16(21)14(18)23-13;/h3-11H2,1-2H3,(H6-,19,20,21,22,24,26,27);1H. The Labute approximate surface area is 181 Å². The van der Waals surface area contributed by atoms with Crippen LogP contribution in [0.1, 0.15) is 49.0 Å². The van der Waals surface area contributed by atoms with Crippen molar-refractivity contribution in [3.05, 3.63) is 10.8 Å². The van der Waals surface area contributed by atoms with Gasteiger partial charge in [-0.2, -0.15) is 0 Å². The summed E-state index contributed by atoms with van der Waals surface area (Å²) in [6.07, 6.45) is 5.65. The first-order valence-corrected chi connectivity index (χ1v) is 9.47. The molecule has 1 heterocycles. The van der Waals surface area contributed by atoms with Gasteiger partial charge in [-0.25, -0.2) is 9.97 Å². The minimum atomic E-state index is -0.420. The number of unbranched alkanes of at least 4 members (excludes halogenated alkanes) is 4. The summed E-state index contributed by atoms with van der Waals surface area (Å²) in [5, 5.41) is 2.75. The van der Waals surface area contributed by atoms with Crippen LogP contribution in [0.15, 0.2) is 0 Å². The van der Waals surface area contributed by atoms with Crippen LogP contribution >= 0.6 is 11.6 Å². The first-order chi connectivity index (χ1) is 12.6. The molecule has 0 unspecified atom stereocenters. The number of carbonyl (C=O) groups is 2. The van der Waals surface area contributed by atoms with E-state index in [1.165, 1.54) is 0 Å². The molecule has 9 nitrogen and oxygen atoms in total. The maximum Gasteiger partial charge on any atom is 0.273 e. The van der Waals surface area contributed by atoms with E-state index in [9.17, 15) is 9.59 Å². The topological polar surface area (TPSA) is 150 Å². The lowest BCUT2D eigenvalue weighted by atomic mass is 10.1. The zero-order valence-electron chi connectivity index (χ0n) is 16.5. The number of nitrogens with two attached hydrogens (primary N) is 3. The molecule has 11 heteroatoms. The fourth-order valence-corrected chi connectivity index (χ4v) is 2.77. The van der Waals surface area contributed by atoms with Gasteiger partial charge in [0.15, 0.2) is 22.5 Å². The number of primary amides is 1. The number of nitrogen functional groups attached to an aromatic ring is 2. The van der Waals surface area contributed by atoms with Crippen molar-refractivity contribution in [2.75, 3.05) is 45.2 Å². The van der Waals surface area contributed by atoms with Crippen LogP contribution < -0.4 is 39.5 Å². The minimum Gasteiger partial charge on any atom is -1.00 e. The third-order valence-corrected chi connectivity index (χ3v) is 4.59. The van der Waals surface area contributed by atoms with Crippen molar-refractivity contribution in [3.63, 3.8) is 0 Å². The lowest BCUT2D eigenvalue weighted by Gasteiger charge is -2.30. The van der Waals surface area contributed by atoms with E-state index in [2.05, 4.69) is 29.4 Å². The SMILES string of the molecule is C[N+](C)(CCCCCCCC(N)=O)CCNC(=O)c1nc(Cl)c(N)nc1N.[Br-]. The van der Waals surface area contributed by atoms with Crippen molar-refractivity contribution in [1.29, 1.82) is 0 Å². The first-order valence-electron chi connectivity index (χ1n) is 9.09. The Bertz CT molecular complexity index is 659. The molecule has 0 spiro atoms. The van der Waals surface area contributed by atoms with Crippen LogP contribution in [0.4, 0.5) is 11.6 Å². The molecule has 0 bridgehead atoms. The Morgan fingerprint density at radius 1 is 1.00 bits per heavy atom. The van der Waals surface area contributed by atoms with Gasteiger partial charge in [-0.3, -0.25) is 9.59 Å². The summed E-state index contributed by atoms with van der Waals surface area (Å²) in [4.78, 5) is 30.6. The van der Waals surface area contributed by atoms with E-state index < -0.39 is 5.91 Å². The van der Waals surface area contributed by atoms with Gasteiger partial charge in [0.2, 0.25) is 5.91 Å². The molecule has 0 radical (unpaired) electrons. The summed E-state index contributed by atoms with van der Waals surface area (Å²) in [6, 6.07) is 0. The maximum absolute atomic E-state index is 12.2. The number of nitrogens with one attached hydrogen (secondary N) is 1. The van der Waals surface area contributed by atoms with E-state index in [0.29, 0.717) is 13.0 Å². The molecule has 0 aliphatic heterocycles. The van der Waals surface area contributed by atoms with Gasteiger partial charge < -0.3 is 44.0 Å². The van der Waals surface area contributed by atoms with Crippen molar-refractivity contribution in [3.8, 4) is 0 Å². The van der Waals surface area contributed by atoms with Gasteiger partial charge >= 0.3 is 0 Å². The number of hydrogen-bond donors (Lipinski definition) is 4. The lowest BCUT2D eigenvalue weighted by molar-refractivity contribution is -0.889. The quantitative estimate of drug-likeness (QED) is 0.199. The zero-order chi connectivity index (χ0) is 20.4. The highest BCUT2D eigenvalue weighted by Crippen LogP contribution is 2.17. The second-order valence-electron chi connectivity index (χ2n) is 7.26. The second kappa shape index (κ2) is 12.7. The fraction of sp³-hybridized carbons (Fsp3) is 0.647. The van der Waals surface area contributed by atoms with Gasteiger partial charge in [0.25, 0.3) is 5.91 Å². The minimum absolute atomic E-state index is 0. The highest BCUT2D eigenvalue weighted by molar-refractivity contribution is 6.31. The molecule has 0 fully saturated rings. The molecular weight excluding hydrogens is 450 g/mol. The van der Waals surface area contributed by atoms with E-state index in [1.807, 2.05) is 0 Å². The molecule has 0 aromatic carbocycles. The van der Waals surface area contributed by atoms with Crippen LogP contribution in [-0.4, -0.2) is 60.0 Å². The van der Waals surface area contributed by atoms with Crippen molar-refractivity contribution in [1.82, 2.24) is 15.3 Å². The Hall–Kier alpha value is -1.65. The van der Waals surface area contributed by atoms with Gasteiger partial charge in [-0.15, -0.1) is 0 Å². The van der Waals surface area contributed by atoms with Crippen LogP contribution in [0.3, 0.4) is 0 Å². The molecule has 0 saturated carbocycles. The van der Waals surface area contributed by atoms with Crippen molar-refractivity contribution in [2.45, 2.75) is 38.5 Å². The van der Waals surface area contributed by atoms with Crippen LogP contribution in [0.5, 0.6) is 0 Å². The molecule has 7 N–H and O–H groups in total. The van der Waals surface area contributed by atoms with Crippen molar-refractivity contribution < 1.29 is 31.1 Å². The third kappa shape index (κ3) is 10.0. The number of quaternary nitrogens is 1. The molecular formula is C17H31BrClN7O2. The molecule has 1 aromatic heterocycles. The molecule has 2 amide bonds. The average molecular weight is 481 g/mol. The molecule has 0 atom stereocenters. The largest absolute Gasteiger partial charge is 1.00 e. The number of carbonyl (C=O) groups excluding carboxylic acids is 2. The van der Waals surface area contributed by atoms with E-state index in [-0.39, 0.29) is 45.4 Å². The van der Waals surface area contributed by atoms with E-state index >= 15 is 0 Å². The Balaban J connectivity index is 0.00000729. The number of hydrogen-bond acceptors (Lipinski definition) is 6. The molecule has 0 aliphatic rings. The lowest BCUT2D eigenvalue weighted by Crippen LogP contribution is -3.00. The van der Waals surface area contributed by atoms with E-state index in [0.717, 1.165) is 49.7 Å². The molecule has 0 aliphatic carbocycles. The van der Waals surface area contributed by atoms with Gasteiger partial charge in [0.1, 0.15) is 0 Å². The van der Waals surface area contributed by atoms with Gasteiger partial charge in [-0.1, -0.05) is 24.4 Å². The summed E-state index contributed by atoms with van der Waals surface area (Å²) >= 11 is 5.79. The zero-order valence-corrected chi connectivity index (χ0v) is 18.9. The Morgan fingerprint density at radius 2 is 1.61 bits per heavy atom. The second-order valence-corrected chi connectivity index (χ2v) is 7.61. The Morgan fingerprint density at radius 3 is 2.25 bits per heavy atom. The summed E-state index contributed by atoms with van der Waals surface area (Å²) < 4.78 is 0.783. The monoisotopic (exact) mass is 479 g/mol. The predicted octanol–water partition coefficient (Wildman–Crippen LogP) is -2.07. The summed E-state index contributed by atoms with van der Waals surface area (Å²) in [7, 11) is 4.24. The molecule has 1 rings (SSSR count). The number of aromatic nitrogens is 2. The number of nitrogens with zero attached hydrogens (tertiary/aromatic N) is 3.